The van der Waals surface area contributed by atoms with Gasteiger partial charge < -0.3 is 5.11 Å². The first-order chi connectivity index (χ1) is 10.3. The van der Waals surface area contributed by atoms with Crippen LogP contribution in [-0.4, -0.2) is 17.1 Å². The summed E-state index contributed by atoms with van der Waals surface area (Å²) in [6, 6.07) is 18.7. The molecule has 1 unspecified atom stereocenters. The number of aliphatic carboxylic acids is 1. The van der Waals surface area contributed by atoms with Gasteiger partial charge in [0.2, 0.25) is 0 Å². The SMILES string of the molecule is O=C(O)C(CCc1ccccc1)NOCc1ccccc1. The molecule has 0 heterocycles. The maximum atomic E-state index is 11.2. The molecular formula is C17H19NO3. The number of carboxylic acid groups (broad SMARTS) is 1. The molecular weight excluding hydrogens is 266 g/mol. The monoisotopic (exact) mass is 285 g/mol. The lowest BCUT2D eigenvalue weighted by Gasteiger charge is -2.14. The molecule has 2 rings (SSSR count). The first-order valence-corrected chi connectivity index (χ1v) is 6.93. The van der Waals surface area contributed by atoms with Gasteiger partial charge in [-0.25, -0.2) is 0 Å². The first kappa shape index (κ1) is 15.2. The van der Waals surface area contributed by atoms with E-state index in [4.69, 9.17) is 4.84 Å². The molecule has 1 atom stereocenters. The Labute approximate surface area is 124 Å². The molecule has 0 radical (unpaired) electrons. The fourth-order valence-electron chi connectivity index (χ4n) is 1.99. The van der Waals surface area contributed by atoms with Crippen LogP contribution >= 0.6 is 0 Å². The van der Waals surface area contributed by atoms with E-state index >= 15 is 0 Å². The summed E-state index contributed by atoms with van der Waals surface area (Å²) in [6.07, 6.45) is 1.17. The van der Waals surface area contributed by atoms with Crippen LogP contribution in [0.1, 0.15) is 17.5 Å². The predicted octanol–water partition coefficient (Wildman–Crippen LogP) is 2.79. The average Bonchev–Trinajstić information content (AvgIpc) is 2.52. The highest BCUT2D eigenvalue weighted by atomic mass is 16.6. The van der Waals surface area contributed by atoms with Crippen molar-refractivity contribution in [2.75, 3.05) is 0 Å². The molecule has 2 aromatic carbocycles. The van der Waals surface area contributed by atoms with Crippen LogP contribution < -0.4 is 5.48 Å². The Bertz CT molecular complexity index is 542. The van der Waals surface area contributed by atoms with Gasteiger partial charge in [-0.2, -0.15) is 5.48 Å². The zero-order chi connectivity index (χ0) is 14.9. The molecule has 0 aromatic heterocycles. The zero-order valence-corrected chi connectivity index (χ0v) is 11.7. The number of hydrogen-bond donors (Lipinski definition) is 2. The number of carboxylic acids is 1. The smallest absolute Gasteiger partial charge is 0.323 e. The van der Waals surface area contributed by atoms with Crippen LogP contribution in [0.2, 0.25) is 0 Å². The number of hydrogen-bond acceptors (Lipinski definition) is 3. The van der Waals surface area contributed by atoms with Gasteiger partial charge in [-0.1, -0.05) is 60.7 Å². The van der Waals surface area contributed by atoms with E-state index in [1.54, 1.807) is 0 Å². The van der Waals surface area contributed by atoms with Crippen LogP contribution in [0, 0.1) is 0 Å². The van der Waals surface area contributed by atoms with Crippen molar-refractivity contribution in [2.24, 2.45) is 0 Å². The van der Waals surface area contributed by atoms with Gasteiger partial charge in [-0.05, 0) is 24.0 Å². The Kier molecular flexibility index (Phi) is 5.94. The van der Waals surface area contributed by atoms with Gasteiger partial charge >= 0.3 is 5.97 Å². The second-order valence-electron chi connectivity index (χ2n) is 4.81. The average molecular weight is 285 g/mol. The van der Waals surface area contributed by atoms with E-state index < -0.39 is 12.0 Å². The fourth-order valence-corrected chi connectivity index (χ4v) is 1.99. The highest BCUT2D eigenvalue weighted by Crippen LogP contribution is 2.06. The van der Waals surface area contributed by atoms with E-state index in [1.165, 1.54) is 0 Å². The van der Waals surface area contributed by atoms with Crippen molar-refractivity contribution in [3.63, 3.8) is 0 Å². The summed E-state index contributed by atoms with van der Waals surface area (Å²) in [5, 5.41) is 9.21. The third-order valence-corrected chi connectivity index (χ3v) is 3.17. The van der Waals surface area contributed by atoms with E-state index in [0.29, 0.717) is 19.4 Å². The van der Waals surface area contributed by atoms with Crippen molar-refractivity contribution >= 4 is 5.97 Å². The molecule has 0 fully saturated rings. The minimum atomic E-state index is -0.904. The Morgan fingerprint density at radius 1 is 1.00 bits per heavy atom. The number of carbonyl (C=O) groups is 1. The molecule has 0 saturated heterocycles. The van der Waals surface area contributed by atoms with Gasteiger partial charge in [0.1, 0.15) is 6.04 Å². The van der Waals surface area contributed by atoms with Gasteiger partial charge in [0.25, 0.3) is 0 Å². The summed E-state index contributed by atoms with van der Waals surface area (Å²) >= 11 is 0. The third kappa shape index (κ3) is 5.38. The summed E-state index contributed by atoms with van der Waals surface area (Å²) in [4.78, 5) is 16.5. The van der Waals surface area contributed by atoms with E-state index in [-0.39, 0.29) is 0 Å². The van der Waals surface area contributed by atoms with Gasteiger partial charge in [0, 0.05) is 0 Å². The Morgan fingerprint density at radius 3 is 2.14 bits per heavy atom. The molecule has 4 nitrogen and oxygen atoms in total. The molecule has 2 aromatic rings. The fraction of sp³-hybridized carbons (Fsp3) is 0.235. The van der Waals surface area contributed by atoms with Crippen LogP contribution in [-0.2, 0) is 22.7 Å². The highest BCUT2D eigenvalue weighted by molar-refractivity contribution is 5.73. The van der Waals surface area contributed by atoms with Gasteiger partial charge in [0.05, 0.1) is 6.61 Å². The minimum Gasteiger partial charge on any atom is -0.480 e. The van der Waals surface area contributed by atoms with Gasteiger partial charge in [-0.15, -0.1) is 0 Å². The Balaban J connectivity index is 1.78. The Hall–Kier alpha value is -2.17. The summed E-state index contributed by atoms with van der Waals surface area (Å²) in [5.74, 6) is -0.904. The molecule has 0 saturated carbocycles. The lowest BCUT2D eigenvalue weighted by atomic mass is 10.1. The second-order valence-corrected chi connectivity index (χ2v) is 4.81. The number of hydroxylamine groups is 1. The van der Waals surface area contributed by atoms with E-state index in [9.17, 15) is 9.90 Å². The van der Waals surface area contributed by atoms with Crippen molar-refractivity contribution in [3.8, 4) is 0 Å². The predicted molar refractivity (Wildman–Crippen MR) is 80.6 cm³/mol. The molecule has 0 aliphatic carbocycles. The summed E-state index contributed by atoms with van der Waals surface area (Å²) in [5.41, 5.74) is 4.75. The van der Waals surface area contributed by atoms with Crippen LogP contribution in [0.25, 0.3) is 0 Å². The van der Waals surface area contributed by atoms with E-state index in [2.05, 4.69) is 5.48 Å². The normalized spacial score (nSPS) is 12.0. The number of rotatable bonds is 8. The van der Waals surface area contributed by atoms with Gasteiger partial charge in [-0.3, -0.25) is 9.63 Å². The second kappa shape index (κ2) is 8.19. The third-order valence-electron chi connectivity index (χ3n) is 3.17. The molecule has 110 valence electrons. The molecule has 4 heteroatoms. The number of benzene rings is 2. The van der Waals surface area contributed by atoms with Crippen molar-refractivity contribution in [1.29, 1.82) is 0 Å². The number of nitrogens with one attached hydrogen (secondary N) is 1. The Morgan fingerprint density at radius 2 is 1.57 bits per heavy atom. The molecule has 0 aliphatic heterocycles. The molecule has 21 heavy (non-hydrogen) atoms. The maximum Gasteiger partial charge on any atom is 0.323 e. The lowest BCUT2D eigenvalue weighted by Crippen LogP contribution is -2.37. The summed E-state index contributed by atoms with van der Waals surface area (Å²) in [7, 11) is 0. The lowest BCUT2D eigenvalue weighted by molar-refractivity contribution is -0.144. The maximum absolute atomic E-state index is 11.2. The van der Waals surface area contributed by atoms with Crippen LogP contribution in [0.15, 0.2) is 60.7 Å². The first-order valence-electron chi connectivity index (χ1n) is 6.93. The van der Waals surface area contributed by atoms with Crippen LogP contribution in [0.3, 0.4) is 0 Å². The largest absolute Gasteiger partial charge is 0.480 e. The van der Waals surface area contributed by atoms with Crippen LogP contribution in [0.5, 0.6) is 0 Å². The summed E-state index contributed by atoms with van der Waals surface area (Å²) in [6.45, 7) is 0.343. The zero-order valence-electron chi connectivity index (χ0n) is 11.7. The molecule has 0 spiro atoms. The summed E-state index contributed by atoms with van der Waals surface area (Å²) < 4.78 is 0. The molecule has 2 N–H and O–H groups in total. The van der Waals surface area contributed by atoms with Crippen LogP contribution in [0.4, 0.5) is 0 Å². The molecule has 0 amide bonds. The van der Waals surface area contributed by atoms with E-state index in [1.807, 2.05) is 60.7 Å². The number of aryl methyl sites for hydroxylation is 1. The minimum absolute atomic E-state index is 0.343. The van der Waals surface area contributed by atoms with Crippen molar-refractivity contribution in [3.05, 3.63) is 71.8 Å². The van der Waals surface area contributed by atoms with Gasteiger partial charge in [0.15, 0.2) is 0 Å². The topological polar surface area (TPSA) is 58.6 Å². The molecule has 0 aliphatic rings. The van der Waals surface area contributed by atoms with Crippen molar-refractivity contribution < 1.29 is 14.7 Å². The van der Waals surface area contributed by atoms with Crippen molar-refractivity contribution in [2.45, 2.75) is 25.5 Å². The standard InChI is InChI=1S/C17H19NO3/c19-17(20)16(12-11-14-7-3-1-4-8-14)18-21-13-15-9-5-2-6-10-15/h1-10,16,18H,11-13H2,(H,19,20). The van der Waals surface area contributed by atoms with E-state index in [0.717, 1.165) is 11.1 Å². The van der Waals surface area contributed by atoms with Crippen molar-refractivity contribution in [1.82, 2.24) is 5.48 Å². The quantitative estimate of drug-likeness (QED) is 0.732. The highest BCUT2D eigenvalue weighted by Gasteiger charge is 2.17. The molecule has 0 bridgehead atoms.